The highest BCUT2D eigenvalue weighted by molar-refractivity contribution is 5.91. The third-order valence-corrected chi connectivity index (χ3v) is 7.00. The third kappa shape index (κ3) is 5.09. The number of hydrogen-bond donors (Lipinski definition) is 2. The highest BCUT2D eigenvalue weighted by Crippen LogP contribution is 2.47. The number of piperidine rings is 1. The first-order valence-corrected chi connectivity index (χ1v) is 11.1. The van der Waals surface area contributed by atoms with Crippen molar-refractivity contribution in [1.29, 1.82) is 0 Å². The number of ketones is 1. The molecule has 1 saturated heterocycles. The van der Waals surface area contributed by atoms with Crippen LogP contribution in [0.5, 0.6) is 0 Å². The summed E-state index contributed by atoms with van der Waals surface area (Å²) in [6, 6.07) is 0.514. The van der Waals surface area contributed by atoms with Crippen LogP contribution < -0.4 is 10.6 Å². The van der Waals surface area contributed by atoms with Gasteiger partial charge in [0.1, 0.15) is 0 Å². The van der Waals surface area contributed by atoms with E-state index >= 15 is 0 Å². The number of unbranched alkanes of at least 4 members (excludes halogenated alkanes) is 1. The van der Waals surface area contributed by atoms with E-state index in [4.69, 9.17) is 0 Å². The minimum atomic E-state index is -0.122. The van der Waals surface area contributed by atoms with Crippen LogP contribution in [0.25, 0.3) is 0 Å². The maximum absolute atomic E-state index is 13.5. The Hall–Kier alpha value is -0.900. The molecule has 1 saturated carbocycles. The Morgan fingerprint density at radius 2 is 1.73 bits per heavy atom. The average molecular weight is 365 g/mol. The molecular formula is C22H40N2O2. The third-order valence-electron chi connectivity index (χ3n) is 7.00. The van der Waals surface area contributed by atoms with Crippen molar-refractivity contribution in [2.75, 3.05) is 6.54 Å². The Kier molecular flexibility index (Phi) is 8.59. The first-order valence-electron chi connectivity index (χ1n) is 11.1. The van der Waals surface area contributed by atoms with Gasteiger partial charge in [-0.2, -0.15) is 0 Å². The fraction of sp³-hybridized carbons (Fsp3) is 0.909. The fourth-order valence-electron chi connectivity index (χ4n) is 5.46. The predicted molar refractivity (Wildman–Crippen MR) is 107 cm³/mol. The summed E-state index contributed by atoms with van der Waals surface area (Å²) in [5.41, 5.74) is -0.122. The van der Waals surface area contributed by atoms with E-state index < -0.39 is 0 Å². The topological polar surface area (TPSA) is 58.2 Å². The zero-order valence-corrected chi connectivity index (χ0v) is 17.2. The summed E-state index contributed by atoms with van der Waals surface area (Å²) in [4.78, 5) is 24.5. The van der Waals surface area contributed by atoms with E-state index in [1.165, 1.54) is 44.9 Å². The summed E-state index contributed by atoms with van der Waals surface area (Å²) in [5, 5.41) is 6.64. The first-order chi connectivity index (χ1) is 12.5. The SMILES string of the molecule is CCC1(CC)C(=O)C(CCCCNC(C)=O)NC2CCCCCCCC21. The number of amides is 1. The molecule has 3 atom stereocenters. The summed E-state index contributed by atoms with van der Waals surface area (Å²) in [6.07, 6.45) is 13.8. The number of carbonyl (C=O) groups is 2. The Labute approximate surface area is 160 Å². The van der Waals surface area contributed by atoms with E-state index in [2.05, 4.69) is 24.5 Å². The van der Waals surface area contributed by atoms with Gasteiger partial charge < -0.3 is 10.6 Å². The van der Waals surface area contributed by atoms with Crippen molar-refractivity contribution in [3.63, 3.8) is 0 Å². The second kappa shape index (κ2) is 10.4. The van der Waals surface area contributed by atoms with Gasteiger partial charge in [0.2, 0.25) is 5.91 Å². The van der Waals surface area contributed by atoms with Crippen molar-refractivity contribution < 1.29 is 9.59 Å². The monoisotopic (exact) mass is 364 g/mol. The van der Waals surface area contributed by atoms with Crippen LogP contribution in [-0.2, 0) is 9.59 Å². The van der Waals surface area contributed by atoms with E-state index in [-0.39, 0.29) is 17.4 Å². The van der Waals surface area contributed by atoms with Crippen LogP contribution in [0.1, 0.15) is 97.8 Å². The van der Waals surface area contributed by atoms with Gasteiger partial charge in [-0.15, -0.1) is 0 Å². The van der Waals surface area contributed by atoms with Crippen LogP contribution in [0.15, 0.2) is 0 Å². The number of carbonyl (C=O) groups excluding carboxylic acids is 2. The lowest BCUT2D eigenvalue weighted by atomic mass is 9.59. The van der Waals surface area contributed by atoms with E-state index in [1.54, 1.807) is 6.92 Å². The molecule has 4 nitrogen and oxygen atoms in total. The van der Waals surface area contributed by atoms with Gasteiger partial charge in [0.25, 0.3) is 0 Å². The van der Waals surface area contributed by atoms with E-state index in [1.807, 2.05) is 0 Å². The normalized spacial score (nSPS) is 29.2. The molecule has 2 aliphatic rings. The van der Waals surface area contributed by atoms with Crippen LogP contribution in [0.3, 0.4) is 0 Å². The number of hydrogen-bond acceptors (Lipinski definition) is 3. The number of Topliss-reactive ketones (excluding diaryl/α,β-unsaturated/α-hetero) is 1. The summed E-state index contributed by atoms with van der Waals surface area (Å²) in [7, 11) is 0. The second-order valence-electron chi connectivity index (χ2n) is 8.48. The zero-order valence-electron chi connectivity index (χ0n) is 17.2. The molecule has 26 heavy (non-hydrogen) atoms. The molecular weight excluding hydrogens is 324 g/mol. The molecule has 2 rings (SSSR count). The van der Waals surface area contributed by atoms with E-state index in [0.717, 1.165) is 38.6 Å². The van der Waals surface area contributed by atoms with Gasteiger partial charge in [-0.1, -0.05) is 46.0 Å². The quantitative estimate of drug-likeness (QED) is 0.660. The van der Waals surface area contributed by atoms with Crippen molar-refractivity contribution in [2.45, 2.75) is 110 Å². The van der Waals surface area contributed by atoms with Crippen molar-refractivity contribution in [3.05, 3.63) is 0 Å². The summed E-state index contributed by atoms with van der Waals surface area (Å²) >= 11 is 0. The van der Waals surface area contributed by atoms with Gasteiger partial charge in [0.15, 0.2) is 5.78 Å². The highest BCUT2D eigenvalue weighted by Gasteiger charge is 2.51. The maximum Gasteiger partial charge on any atom is 0.216 e. The number of nitrogens with one attached hydrogen (secondary N) is 2. The van der Waals surface area contributed by atoms with Crippen LogP contribution in [0.2, 0.25) is 0 Å². The molecule has 1 aliphatic carbocycles. The fourth-order valence-corrected chi connectivity index (χ4v) is 5.46. The molecule has 1 aliphatic heterocycles. The van der Waals surface area contributed by atoms with Crippen LogP contribution in [0.4, 0.5) is 0 Å². The van der Waals surface area contributed by atoms with E-state index in [9.17, 15) is 9.59 Å². The van der Waals surface area contributed by atoms with Gasteiger partial charge in [-0.3, -0.25) is 9.59 Å². The summed E-state index contributed by atoms with van der Waals surface area (Å²) < 4.78 is 0. The molecule has 0 radical (unpaired) electrons. The molecule has 1 amide bonds. The van der Waals surface area contributed by atoms with Gasteiger partial charge in [-0.05, 0) is 50.9 Å². The molecule has 0 aromatic rings. The van der Waals surface area contributed by atoms with Crippen LogP contribution >= 0.6 is 0 Å². The largest absolute Gasteiger partial charge is 0.356 e. The number of rotatable bonds is 7. The molecule has 0 spiro atoms. The zero-order chi connectivity index (χ0) is 19.0. The van der Waals surface area contributed by atoms with Crippen LogP contribution in [0, 0.1) is 11.3 Å². The lowest BCUT2D eigenvalue weighted by Gasteiger charge is -2.50. The molecule has 150 valence electrons. The Balaban J connectivity index is 2.06. The van der Waals surface area contributed by atoms with Crippen molar-refractivity contribution in [2.24, 2.45) is 11.3 Å². The molecule has 3 unspecified atom stereocenters. The predicted octanol–water partition coefficient (Wildman–Crippen LogP) is 4.37. The lowest BCUT2D eigenvalue weighted by Crippen LogP contribution is -2.62. The Morgan fingerprint density at radius 1 is 1.08 bits per heavy atom. The molecule has 4 heteroatoms. The van der Waals surface area contributed by atoms with Crippen molar-refractivity contribution in [1.82, 2.24) is 10.6 Å². The Bertz CT molecular complexity index is 459. The van der Waals surface area contributed by atoms with Gasteiger partial charge in [0.05, 0.1) is 6.04 Å². The van der Waals surface area contributed by atoms with Crippen molar-refractivity contribution >= 4 is 11.7 Å². The van der Waals surface area contributed by atoms with Gasteiger partial charge in [0, 0.05) is 24.9 Å². The smallest absolute Gasteiger partial charge is 0.216 e. The van der Waals surface area contributed by atoms with Gasteiger partial charge in [-0.25, -0.2) is 0 Å². The molecule has 0 aromatic heterocycles. The standard InChI is InChI=1S/C22H40N2O2/c1-4-22(5-2)18-13-9-7-6-8-10-14-19(18)24-20(21(22)26)15-11-12-16-23-17(3)25/h18-20,24H,4-16H2,1-3H3,(H,23,25). The molecule has 0 bridgehead atoms. The van der Waals surface area contributed by atoms with Gasteiger partial charge >= 0.3 is 0 Å². The lowest BCUT2D eigenvalue weighted by molar-refractivity contribution is -0.141. The maximum atomic E-state index is 13.5. The summed E-state index contributed by atoms with van der Waals surface area (Å²) in [6.45, 7) is 6.73. The molecule has 1 heterocycles. The summed E-state index contributed by atoms with van der Waals surface area (Å²) in [5.74, 6) is 1.02. The molecule has 0 aromatic carbocycles. The molecule has 2 fully saturated rings. The van der Waals surface area contributed by atoms with Crippen molar-refractivity contribution in [3.8, 4) is 0 Å². The second-order valence-corrected chi connectivity index (χ2v) is 8.48. The molecule has 2 N–H and O–H groups in total. The number of fused-ring (bicyclic) bond motifs is 1. The first kappa shape index (κ1) is 21.4. The average Bonchev–Trinajstić information content (AvgIpc) is 2.74. The minimum absolute atomic E-state index is 0.00855. The minimum Gasteiger partial charge on any atom is -0.356 e. The Morgan fingerprint density at radius 3 is 2.38 bits per heavy atom. The van der Waals surface area contributed by atoms with E-state index in [0.29, 0.717) is 17.7 Å². The van der Waals surface area contributed by atoms with Crippen LogP contribution in [-0.4, -0.2) is 30.3 Å². The highest BCUT2D eigenvalue weighted by atomic mass is 16.1.